The van der Waals surface area contributed by atoms with Crippen LogP contribution in [-0.4, -0.2) is 14.3 Å². The molecular weight excluding hydrogens is 296 g/mol. The van der Waals surface area contributed by atoms with Crippen LogP contribution >= 0.6 is 0 Å². The molecule has 0 amide bonds. The summed E-state index contributed by atoms with van der Waals surface area (Å²) in [5.41, 5.74) is 2.03. The predicted molar refractivity (Wildman–Crippen MR) is 85.6 cm³/mol. The van der Waals surface area contributed by atoms with Crippen molar-refractivity contribution in [3.8, 4) is 0 Å². The van der Waals surface area contributed by atoms with Gasteiger partial charge in [-0.3, -0.25) is 4.21 Å². The van der Waals surface area contributed by atoms with Crippen LogP contribution in [0.2, 0.25) is 0 Å². The Labute approximate surface area is 131 Å². The summed E-state index contributed by atoms with van der Waals surface area (Å²) >= 11 is 0. The first-order valence-corrected chi connectivity index (χ1v) is 8.38. The Balaban J connectivity index is 1.93. The third kappa shape index (κ3) is 3.31. The molecule has 0 saturated carbocycles. The second kappa shape index (κ2) is 6.66. The van der Waals surface area contributed by atoms with Gasteiger partial charge in [0.25, 0.3) is 0 Å². The van der Waals surface area contributed by atoms with Crippen molar-refractivity contribution in [2.75, 3.05) is 0 Å². The van der Waals surface area contributed by atoms with Gasteiger partial charge in [-0.1, -0.05) is 65.8 Å². The van der Waals surface area contributed by atoms with E-state index in [1.54, 1.807) is 6.92 Å². The Bertz CT molecular complexity index is 717. The standard InChI is InChI=1S/C17H16N2O2S/c1-13-18-16(21-19-13)12-22(20)17(14-8-4-2-5-9-14)15-10-6-3-7-11-15/h2-11,17H,12H2,1H3. The Morgan fingerprint density at radius 2 is 1.55 bits per heavy atom. The summed E-state index contributed by atoms with van der Waals surface area (Å²) in [5.74, 6) is 1.21. The minimum absolute atomic E-state index is 0.213. The fraction of sp³-hybridized carbons (Fsp3) is 0.176. The number of hydrogen-bond donors (Lipinski definition) is 0. The summed E-state index contributed by atoms with van der Waals surface area (Å²) in [6.07, 6.45) is 0. The van der Waals surface area contributed by atoms with Gasteiger partial charge in [0.05, 0.1) is 5.25 Å². The molecule has 1 heterocycles. The van der Waals surface area contributed by atoms with Crippen molar-refractivity contribution in [2.24, 2.45) is 0 Å². The average Bonchev–Trinajstić information content (AvgIpc) is 2.95. The van der Waals surface area contributed by atoms with E-state index >= 15 is 0 Å². The van der Waals surface area contributed by atoms with Crippen LogP contribution in [0.1, 0.15) is 28.1 Å². The lowest BCUT2D eigenvalue weighted by atomic mass is 10.0. The van der Waals surface area contributed by atoms with Gasteiger partial charge in [0, 0.05) is 10.8 Å². The van der Waals surface area contributed by atoms with Gasteiger partial charge < -0.3 is 4.52 Å². The van der Waals surface area contributed by atoms with Crippen molar-refractivity contribution < 1.29 is 8.73 Å². The third-order valence-electron chi connectivity index (χ3n) is 3.30. The molecule has 2 aromatic carbocycles. The molecule has 0 bridgehead atoms. The first-order chi connectivity index (χ1) is 10.7. The highest BCUT2D eigenvalue weighted by molar-refractivity contribution is 7.84. The average molecular weight is 312 g/mol. The van der Waals surface area contributed by atoms with E-state index in [-0.39, 0.29) is 11.0 Å². The van der Waals surface area contributed by atoms with Crippen LogP contribution in [0.3, 0.4) is 0 Å². The zero-order valence-corrected chi connectivity index (χ0v) is 13.0. The Morgan fingerprint density at radius 1 is 1.00 bits per heavy atom. The third-order valence-corrected chi connectivity index (χ3v) is 4.90. The van der Waals surface area contributed by atoms with Crippen molar-refractivity contribution in [1.82, 2.24) is 10.1 Å². The molecule has 1 atom stereocenters. The van der Waals surface area contributed by atoms with Crippen molar-refractivity contribution in [3.63, 3.8) is 0 Å². The molecule has 5 heteroatoms. The molecule has 0 radical (unpaired) electrons. The van der Waals surface area contributed by atoms with Crippen molar-refractivity contribution in [1.29, 1.82) is 0 Å². The van der Waals surface area contributed by atoms with Crippen molar-refractivity contribution in [3.05, 3.63) is 83.5 Å². The molecule has 112 valence electrons. The van der Waals surface area contributed by atoms with Crippen LogP contribution in [0, 0.1) is 6.92 Å². The molecule has 0 saturated heterocycles. The molecule has 3 aromatic rings. The maximum Gasteiger partial charge on any atom is 0.239 e. The molecule has 0 spiro atoms. The normalized spacial score (nSPS) is 12.5. The van der Waals surface area contributed by atoms with E-state index < -0.39 is 10.8 Å². The zero-order valence-electron chi connectivity index (χ0n) is 12.2. The highest BCUT2D eigenvalue weighted by atomic mass is 32.2. The van der Waals surface area contributed by atoms with E-state index in [0.29, 0.717) is 11.7 Å². The second-order valence-corrected chi connectivity index (χ2v) is 6.48. The van der Waals surface area contributed by atoms with Gasteiger partial charge >= 0.3 is 0 Å². The Hall–Kier alpha value is -2.27. The molecule has 22 heavy (non-hydrogen) atoms. The lowest BCUT2D eigenvalue weighted by Gasteiger charge is -2.16. The molecule has 4 nitrogen and oxygen atoms in total. The molecule has 3 rings (SSSR count). The van der Waals surface area contributed by atoms with Crippen molar-refractivity contribution in [2.45, 2.75) is 17.9 Å². The lowest BCUT2D eigenvalue weighted by Crippen LogP contribution is -2.10. The number of aromatic nitrogens is 2. The van der Waals surface area contributed by atoms with Crippen LogP contribution in [-0.2, 0) is 16.6 Å². The van der Waals surface area contributed by atoms with Crippen molar-refractivity contribution >= 4 is 10.8 Å². The smallest absolute Gasteiger partial charge is 0.239 e. The van der Waals surface area contributed by atoms with Crippen LogP contribution in [0.4, 0.5) is 0 Å². The summed E-state index contributed by atoms with van der Waals surface area (Å²) in [5, 5.41) is 3.54. The van der Waals surface area contributed by atoms with Crippen LogP contribution < -0.4 is 0 Å². The monoisotopic (exact) mass is 312 g/mol. The first-order valence-electron chi connectivity index (χ1n) is 7.00. The quantitative estimate of drug-likeness (QED) is 0.724. The number of aryl methyl sites for hydroxylation is 1. The molecule has 0 N–H and O–H groups in total. The minimum atomic E-state index is -1.19. The predicted octanol–water partition coefficient (Wildman–Crippen LogP) is 3.42. The van der Waals surface area contributed by atoms with Crippen LogP contribution in [0.15, 0.2) is 65.2 Å². The minimum Gasteiger partial charge on any atom is -0.338 e. The summed E-state index contributed by atoms with van der Waals surface area (Å²) in [6, 6.07) is 19.7. The van der Waals surface area contributed by atoms with Gasteiger partial charge in [-0.25, -0.2) is 0 Å². The topological polar surface area (TPSA) is 56.0 Å². The molecule has 0 aliphatic carbocycles. The van der Waals surface area contributed by atoms with Gasteiger partial charge in [0.1, 0.15) is 5.75 Å². The number of hydrogen-bond acceptors (Lipinski definition) is 4. The Morgan fingerprint density at radius 3 is 2.00 bits per heavy atom. The van der Waals surface area contributed by atoms with Crippen LogP contribution in [0.25, 0.3) is 0 Å². The number of nitrogens with zero attached hydrogens (tertiary/aromatic N) is 2. The number of benzene rings is 2. The second-order valence-electron chi connectivity index (χ2n) is 4.96. The highest BCUT2D eigenvalue weighted by Crippen LogP contribution is 2.29. The van der Waals surface area contributed by atoms with Crippen LogP contribution in [0.5, 0.6) is 0 Å². The molecule has 1 aromatic heterocycles. The fourth-order valence-corrected chi connectivity index (χ4v) is 3.80. The van der Waals surface area contributed by atoms with E-state index in [0.717, 1.165) is 11.1 Å². The van der Waals surface area contributed by atoms with E-state index in [1.807, 2.05) is 60.7 Å². The van der Waals surface area contributed by atoms with E-state index in [2.05, 4.69) is 10.1 Å². The summed E-state index contributed by atoms with van der Waals surface area (Å²) < 4.78 is 18.0. The number of rotatable bonds is 5. The molecule has 0 fully saturated rings. The van der Waals surface area contributed by atoms with E-state index in [4.69, 9.17) is 4.52 Å². The van der Waals surface area contributed by atoms with Gasteiger partial charge in [0.15, 0.2) is 5.82 Å². The molecule has 0 aliphatic heterocycles. The summed E-state index contributed by atoms with van der Waals surface area (Å²) in [7, 11) is -1.19. The summed E-state index contributed by atoms with van der Waals surface area (Å²) in [6.45, 7) is 1.75. The molecule has 0 aliphatic rings. The highest BCUT2D eigenvalue weighted by Gasteiger charge is 2.23. The van der Waals surface area contributed by atoms with Gasteiger partial charge in [-0.2, -0.15) is 4.98 Å². The summed E-state index contributed by atoms with van der Waals surface area (Å²) in [4.78, 5) is 4.15. The van der Waals surface area contributed by atoms with Gasteiger partial charge in [0.2, 0.25) is 5.89 Å². The fourth-order valence-electron chi connectivity index (χ4n) is 2.36. The van der Waals surface area contributed by atoms with E-state index in [9.17, 15) is 4.21 Å². The molecular formula is C17H16N2O2S. The Kier molecular flexibility index (Phi) is 4.44. The first kappa shape index (κ1) is 14.7. The zero-order chi connectivity index (χ0) is 15.4. The maximum absolute atomic E-state index is 12.9. The molecule has 1 unspecified atom stereocenters. The van der Waals surface area contributed by atoms with E-state index in [1.165, 1.54) is 0 Å². The van der Waals surface area contributed by atoms with Gasteiger partial charge in [-0.15, -0.1) is 0 Å². The van der Waals surface area contributed by atoms with Gasteiger partial charge in [-0.05, 0) is 18.1 Å². The SMILES string of the molecule is Cc1noc(CS(=O)C(c2ccccc2)c2ccccc2)n1. The lowest BCUT2D eigenvalue weighted by molar-refractivity contribution is 0.386. The largest absolute Gasteiger partial charge is 0.338 e. The maximum atomic E-state index is 12.9.